The minimum absolute atomic E-state index is 0.139. The summed E-state index contributed by atoms with van der Waals surface area (Å²) in [5, 5.41) is -0.831. The molecule has 1 aliphatic rings. The van der Waals surface area contributed by atoms with Crippen molar-refractivity contribution in [3.8, 4) is 0 Å². The SMILES string of the molecule is CN(CCN)C(=O)C1CCCCS1(=O)=O. The lowest BCUT2D eigenvalue weighted by molar-refractivity contribution is -0.129. The fraction of sp³-hybridized carbons (Fsp3) is 0.889. The molecule has 0 bridgehead atoms. The summed E-state index contributed by atoms with van der Waals surface area (Å²) in [5.74, 6) is -0.167. The highest BCUT2D eigenvalue weighted by Gasteiger charge is 2.36. The molecule has 0 aromatic heterocycles. The molecule has 15 heavy (non-hydrogen) atoms. The minimum Gasteiger partial charge on any atom is -0.343 e. The largest absolute Gasteiger partial charge is 0.343 e. The van der Waals surface area contributed by atoms with Crippen LogP contribution in [0.1, 0.15) is 19.3 Å². The second kappa shape index (κ2) is 4.94. The van der Waals surface area contributed by atoms with Crippen molar-refractivity contribution in [1.82, 2.24) is 4.90 Å². The predicted octanol–water partition coefficient (Wildman–Crippen LogP) is -0.629. The Morgan fingerprint density at radius 1 is 1.47 bits per heavy atom. The average Bonchev–Trinajstić information content (AvgIpc) is 2.16. The van der Waals surface area contributed by atoms with E-state index in [1.54, 1.807) is 7.05 Å². The molecule has 88 valence electrons. The summed E-state index contributed by atoms with van der Waals surface area (Å²) in [6.45, 7) is 0.764. The summed E-state index contributed by atoms with van der Waals surface area (Å²) < 4.78 is 23.3. The molecule has 1 atom stereocenters. The third-order valence-electron chi connectivity index (χ3n) is 2.69. The molecule has 1 heterocycles. The van der Waals surface area contributed by atoms with Crippen molar-refractivity contribution in [2.75, 3.05) is 25.9 Å². The van der Waals surface area contributed by atoms with Crippen LogP contribution in [0.25, 0.3) is 0 Å². The molecule has 2 N–H and O–H groups in total. The van der Waals surface area contributed by atoms with Crippen LogP contribution < -0.4 is 5.73 Å². The van der Waals surface area contributed by atoms with Crippen molar-refractivity contribution >= 4 is 15.7 Å². The number of hydrogen-bond acceptors (Lipinski definition) is 4. The highest BCUT2D eigenvalue weighted by molar-refractivity contribution is 7.92. The van der Waals surface area contributed by atoms with E-state index in [9.17, 15) is 13.2 Å². The van der Waals surface area contributed by atoms with Crippen LogP contribution in [0.5, 0.6) is 0 Å². The van der Waals surface area contributed by atoms with Crippen LogP contribution in [-0.4, -0.2) is 50.4 Å². The number of rotatable bonds is 3. The highest BCUT2D eigenvalue weighted by Crippen LogP contribution is 2.20. The first-order chi connectivity index (χ1) is 6.99. The zero-order chi connectivity index (χ0) is 11.5. The van der Waals surface area contributed by atoms with Crippen molar-refractivity contribution < 1.29 is 13.2 Å². The van der Waals surface area contributed by atoms with E-state index in [1.807, 2.05) is 0 Å². The average molecular weight is 234 g/mol. The molecule has 0 aliphatic carbocycles. The van der Waals surface area contributed by atoms with Crippen molar-refractivity contribution in [1.29, 1.82) is 0 Å². The minimum atomic E-state index is -3.22. The van der Waals surface area contributed by atoms with E-state index in [0.717, 1.165) is 6.42 Å². The molecular formula is C9H18N2O3S. The van der Waals surface area contributed by atoms with Gasteiger partial charge in [0.25, 0.3) is 0 Å². The zero-order valence-electron chi connectivity index (χ0n) is 8.98. The molecule has 1 unspecified atom stereocenters. The maximum Gasteiger partial charge on any atom is 0.240 e. The van der Waals surface area contributed by atoms with E-state index in [-0.39, 0.29) is 11.7 Å². The van der Waals surface area contributed by atoms with Gasteiger partial charge in [0.1, 0.15) is 5.25 Å². The summed E-state index contributed by atoms with van der Waals surface area (Å²) in [6.07, 6.45) is 1.94. The Kier molecular flexibility index (Phi) is 4.10. The smallest absolute Gasteiger partial charge is 0.240 e. The quantitative estimate of drug-likeness (QED) is 0.705. The van der Waals surface area contributed by atoms with Gasteiger partial charge in [0, 0.05) is 20.1 Å². The Balaban J connectivity index is 2.73. The molecule has 1 fully saturated rings. The van der Waals surface area contributed by atoms with Crippen LogP contribution in [0.15, 0.2) is 0 Å². The summed E-state index contributed by atoms with van der Waals surface area (Å²) in [6, 6.07) is 0. The monoisotopic (exact) mass is 234 g/mol. The van der Waals surface area contributed by atoms with E-state index in [4.69, 9.17) is 5.73 Å². The number of carbonyl (C=O) groups is 1. The molecule has 1 saturated heterocycles. The van der Waals surface area contributed by atoms with E-state index >= 15 is 0 Å². The number of nitrogens with two attached hydrogens (primary N) is 1. The topological polar surface area (TPSA) is 80.5 Å². The Morgan fingerprint density at radius 2 is 2.13 bits per heavy atom. The predicted molar refractivity (Wildman–Crippen MR) is 58.1 cm³/mol. The van der Waals surface area contributed by atoms with Crippen molar-refractivity contribution in [3.63, 3.8) is 0 Å². The number of amides is 1. The Morgan fingerprint density at radius 3 is 2.67 bits per heavy atom. The van der Waals surface area contributed by atoms with Gasteiger partial charge >= 0.3 is 0 Å². The maximum atomic E-state index is 11.8. The maximum absolute atomic E-state index is 11.8. The molecule has 0 aromatic carbocycles. The second-order valence-electron chi connectivity index (χ2n) is 3.90. The number of sulfone groups is 1. The number of nitrogens with zero attached hydrogens (tertiary/aromatic N) is 1. The molecule has 0 aromatic rings. The van der Waals surface area contributed by atoms with Gasteiger partial charge in [-0.3, -0.25) is 4.79 Å². The third-order valence-corrected chi connectivity index (χ3v) is 4.86. The van der Waals surface area contributed by atoms with Crippen molar-refractivity contribution in [2.45, 2.75) is 24.5 Å². The zero-order valence-corrected chi connectivity index (χ0v) is 9.79. The molecule has 0 saturated carbocycles. The second-order valence-corrected chi connectivity index (χ2v) is 6.20. The van der Waals surface area contributed by atoms with Gasteiger partial charge in [-0.05, 0) is 12.8 Å². The summed E-state index contributed by atoms with van der Waals surface area (Å²) in [4.78, 5) is 13.2. The van der Waals surface area contributed by atoms with E-state index in [1.165, 1.54) is 4.90 Å². The van der Waals surface area contributed by atoms with Gasteiger partial charge in [-0.25, -0.2) is 8.42 Å². The molecule has 0 radical (unpaired) electrons. The molecule has 6 heteroatoms. The summed E-state index contributed by atoms with van der Waals surface area (Å²) in [5.41, 5.74) is 5.32. The number of likely N-dealkylation sites (N-methyl/N-ethyl adjacent to an activating group) is 1. The molecular weight excluding hydrogens is 216 g/mol. The first kappa shape index (κ1) is 12.4. The molecule has 1 aliphatic heterocycles. The molecule has 5 nitrogen and oxygen atoms in total. The number of carbonyl (C=O) groups excluding carboxylic acids is 1. The summed E-state index contributed by atoms with van der Waals surface area (Å²) >= 11 is 0. The van der Waals surface area contributed by atoms with Gasteiger partial charge in [0.05, 0.1) is 5.75 Å². The van der Waals surface area contributed by atoms with E-state index < -0.39 is 15.1 Å². The first-order valence-electron chi connectivity index (χ1n) is 5.15. The van der Waals surface area contributed by atoms with Crippen LogP contribution in [0, 0.1) is 0 Å². The van der Waals surface area contributed by atoms with E-state index in [2.05, 4.69) is 0 Å². The fourth-order valence-electron chi connectivity index (χ4n) is 1.78. The standard InChI is InChI=1S/C9H18N2O3S/c1-11(6-5-10)9(12)8-4-2-3-7-15(8,13)14/h8H,2-7,10H2,1H3. The third kappa shape index (κ3) is 2.92. The van der Waals surface area contributed by atoms with Gasteiger partial charge in [-0.15, -0.1) is 0 Å². The lowest BCUT2D eigenvalue weighted by Crippen LogP contribution is -2.45. The Hall–Kier alpha value is -0.620. The van der Waals surface area contributed by atoms with Crippen LogP contribution >= 0.6 is 0 Å². The van der Waals surface area contributed by atoms with Crippen molar-refractivity contribution in [3.05, 3.63) is 0 Å². The highest BCUT2D eigenvalue weighted by atomic mass is 32.2. The summed E-state index contributed by atoms with van der Waals surface area (Å²) in [7, 11) is -1.62. The lowest BCUT2D eigenvalue weighted by Gasteiger charge is -2.26. The van der Waals surface area contributed by atoms with Gasteiger partial charge in [-0.1, -0.05) is 6.42 Å². The number of hydrogen-bond donors (Lipinski definition) is 1. The van der Waals surface area contributed by atoms with Gasteiger partial charge < -0.3 is 10.6 Å². The van der Waals surface area contributed by atoms with Gasteiger partial charge in [-0.2, -0.15) is 0 Å². The Labute approximate surface area is 90.5 Å². The van der Waals surface area contributed by atoms with E-state index in [0.29, 0.717) is 25.9 Å². The van der Waals surface area contributed by atoms with Gasteiger partial charge in [0.15, 0.2) is 9.84 Å². The van der Waals surface area contributed by atoms with Crippen LogP contribution in [-0.2, 0) is 14.6 Å². The normalized spacial score (nSPS) is 24.8. The van der Waals surface area contributed by atoms with Gasteiger partial charge in [0.2, 0.25) is 5.91 Å². The first-order valence-corrected chi connectivity index (χ1v) is 6.87. The lowest BCUT2D eigenvalue weighted by atomic mass is 10.2. The van der Waals surface area contributed by atoms with Crippen molar-refractivity contribution in [2.24, 2.45) is 5.73 Å². The van der Waals surface area contributed by atoms with Crippen LogP contribution in [0.4, 0.5) is 0 Å². The van der Waals surface area contributed by atoms with Crippen LogP contribution in [0.2, 0.25) is 0 Å². The fourth-order valence-corrected chi connectivity index (χ4v) is 3.69. The van der Waals surface area contributed by atoms with Crippen LogP contribution in [0.3, 0.4) is 0 Å². The molecule has 1 amide bonds. The Bertz CT molecular complexity index is 326. The molecule has 0 spiro atoms. The molecule has 1 rings (SSSR count).